The number of benzene rings is 2. The Morgan fingerprint density at radius 3 is 2.25 bits per heavy atom. The summed E-state index contributed by atoms with van der Waals surface area (Å²) in [4.78, 5) is 24.2. The van der Waals surface area contributed by atoms with Crippen molar-refractivity contribution in [2.45, 2.75) is 33.1 Å². The summed E-state index contributed by atoms with van der Waals surface area (Å²) in [7, 11) is 0. The number of hydrogen-bond acceptors (Lipinski definition) is 2. The predicted molar refractivity (Wildman–Crippen MR) is 98.6 cm³/mol. The molecule has 0 heterocycles. The molecule has 5 heteroatoms. The Labute approximate surface area is 147 Å². The Bertz CT molecular complexity index is 757. The standard InChI is InChI=1S/C19H21ClN2O2/c1-12(2)15-6-4-5-7-17(15)22-19(24)11-18(23)21-16-9-8-14(20)10-13(16)3/h4-10,12H,11H2,1-3H3,(H,21,23)(H,22,24). The lowest BCUT2D eigenvalue weighted by atomic mass is 10.0. The lowest BCUT2D eigenvalue weighted by Gasteiger charge is -2.14. The lowest BCUT2D eigenvalue weighted by Crippen LogP contribution is -2.22. The zero-order valence-corrected chi connectivity index (χ0v) is 14.8. The molecule has 0 atom stereocenters. The van der Waals surface area contributed by atoms with E-state index in [9.17, 15) is 9.59 Å². The number of halogens is 1. The summed E-state index contributed by atoms with van der Waals surface area (Å²) >= 11 is 5.89. The zero-order valence-electron chi connectivity index (χ0n) is 14.0. The van der Waals surface area contributed by atoms with Crippen molar-refractivity contribution in [1.29, 1.82) is 0 Å². The van der Waals surface area contributed by atoms with E-state index < -0.39 is 0 Å². The van der Waals surface area contributed by atoms with Crippen LogP contribution in [0.25, 0.3) is 0 Å². The van der Waals surface area contributed by atoms with Crippen molar-refractivity contribution < 1.29 is 9.59 Å². The van der Waals surface area contributed by atoms with E-state index in [1.807, 2.05) is 31.2 Å². The van der Waals surface area contributed by atoms with Crippen LogP contribution in [0.5, 0.6) is 0 Å². The maximum absolute atomic E-state index is 12.1. The molecular weight excluding hydrogens is 324 g/mol. The zero-order chi connectivity index (χ0) is 17.7. The van der Waals surface area contributed by atoms with Crippen molar-refractivity contribution in [3.63, 3.8) is 0 Å². The van der Waals surface area contributed by atoms with Crippen molar-refractivity contribution in [1.82, 2.24) is 0 Å². The van der Waals surface area contributed by atoms with Gasteiger partial charge < -0.3 is 10.6 Å². The molecule has 2 aromatic rings. The summed E-state index contributed by atoms with van der Waals surface area (Å²) in [6.45, 7) is 5.96. The van der Waals surface area contributed by atoms with Crippen molar-refractivity contribution in [3.05, 3.63) is 58.6 Å². The van der Waals surface area contributed by atoms with Gasteiger partial charge in [0.25, 0.3) is 0 Å². The van der Waals surface area contributed by atoms with Crippen LogP contribution in [0, 0.1) is 6.92 Å². The average molecular weight is 345 g/mol. The number of carbonyl (C=O) groups excluding carboxylic acids is 2. The Morgan fingerprint density at radius 2 is 1.62 bits per heavy atom. The molecule has 0 aromatic heterocycles. The highest BCUT2D eigenvalue weighted by Crippen LogP contribution is 2.24. The molecule has 0 fully saturated rings. The van der Waals surface area contributed by atoms with E-state index in [-0.39, 0.29) is 24.2 Å². The third-order valence-corrected chi connectivity index (χ3v) is 3.88. The van der Waals surface area contributed by atoms with Gasteiger partial charge in [-0.2, -0.15) is 0 Å². The minimum Gasteiger partial charge on any atom is -0.325 e. The Balaban J connectivity index is 1.98. The monoisotopic (exact) mass is 344 g/mol. The Morgan fingerprint density at radius 1 is 1.00 bits per heavy atom. The lowest BCUT2D eigenvalue weighted by molar-refractivity contribution is -0.123. The summed E-state index contributed by atoms with van der Waals surface area (Å²) < 4.78 is 0. The fourth-order valence-electron chi connectivity index (χ4n) is 2.42. The first-order chi connectivity index (χ1) is 11.4. The van der Waals surface area contributed by atoms with Gasteiger partial charge in [-0.1, -0.05) is 43.6 Å². The highest BCUT2D eigenvalue weighted by Gasteiger charge is 2.13. The van der Waals surface area contributed by atoms with Gasteiger partial charge in [-0.05, 0) is 48.2 Å². The topological polar surface area (TPSA) is 58.2 Å². The highest BCUT2D eigenvalue weighted by atomic mass is 35.5. The third-order valence-electron chi connectivity index (χ3n) is 3.64. The predicted octanol–water partition coefficient (Wildman–Crippen LogP) is 4.74. The maximum Gasteiger partial charge on any atom is 0.233 e. The molecule has 2 N–H and O–H groups in total. The number of anilines is 2. The normalized spacial score (nSPS) is 10.5. The first-order valence-electron chi connectivity index (χ1n) is 7.81. The summed E-state index contributed by atoms with van der Waals surface area (Å²) in [5.74, 6) is -0.417. The van der Waals surface area contributed by atoms with Crippen LogP contribution in [0.4, 0.5) is 11.4 Å². The number of hydrogen-bond donors (Lipinski definition) is 2. The van der Waals surface area contributed by atoms with Crippen LogP contribution in [0.3, 0.4) is 0 Å². The van der Waals surface area contributed by atoms with Gasteiger partial charge >= 0.3 is 0 Å². The van der Waals surface area contributed by atoms with Crippen LogP contribution < -0.4 is 10.6 Å². The quantitative estimate of drug-likeness (QED) is 0.770. The molecule has 0 aliphatic rings. The number of nitrogens with one attached hydrogen (secondary N) is 2. The summed E-state index contributed by atoms with van der Waals surface area (Å²) in [5, 5.41) is 6.15. The van der Waals surface area contributed by atoms with Gasteiger partial charge in [0.05, 0.1) is 0 Å². The Hall–Kier alpha value is -2.33. The minimum atomic E-state index is -0.361. The van der Waals surface area contributed by atoms with E-state index in [4.69, 9.17) is 11.6 Å². The van der Waals surface area contributed by atoms with Gasteiger partial charge in [-0.3, -0.25) is 9.59 Å². The number of carbonyl (C=O) groups is 2. The summed E-state index contributed by atoms with van der Waals surface area (Å²) in [5.41, 5.74) is 3.29. The largest absolute Gasteiger partial charge is 0.325 e. The fourth-order valence-corrected chi connectivity index (χ4v) is 2.64. The molecule has 0 saturated heterocycles. The van der Waals surface area contributed by atoms with Gasteiger partial charge in [0, 0.05) is 16.4 Å². The van der Waals surface area contributed by atoms with Crippen LogP contribution in [-0.4, -0.2) is 11.8 Å². The van der Waals surface area contributed by atoms with Crippen LogP contribution in [0.2, 0.25) is 5.02 Å². The second kappa shape index (κ2) is 7.97. The van der Waals surface area contributed by atoms with E-state index >= 15 is 0 Å². The number of para-hydroxylation sites is 1. The molecule has 0 unspecified atom stereocenters. The van der Waals surface area contributed by atoms with Crippen LogP contribution >= 0.6 is 11.6 Å². The maximum atomic E-state index is 12.1. The SMILES string of the molecule is Cc1cc(Cl)ccc1NC(=O)CC(=O)Nc1ccccc1C(C)C. The Kier molecular flexibility index (Phi) is 5.99. The van der Waals surface area contributed by atoms with Gasteiger partial charge in [0.2, 0.25) is 11.8 Å². The fraction of sp³-hybridized carbons (Fsp3) is 0.263. The molecule has 0 saturated carbocycles. The smallest absolute Gasteiger partial charge is 0.233 e. The van der Waals surface area contributed by atoms with E-state index in [1.165, 1.54) is 0 Å². The van der Waals surface area contributed by atoms with Crippen LogP contribution in [0.1, 0.15) is 37.3 Å². The average Bonchev–Trinajstić information content (AvgIpc) is 2.50. The summed E-state index contributed by atoms with van der Waals surface area (Å²) in [6, 6.07) is 12.8. The van der Waals surface area contributed by atoms with Gasteiger partial charge in [-0.25, -0.2) is 0 Å². The van der Waals surface area contributed by atoms with E-state index in [0.29, 0.717) is 10.7 Å². The molecular formula is C19H21ClN2O2. The van der Waals surface area contributed by atoms with Gasteiger partial charge in [-0.15, -0.1) is 0 Å². The highest BCUT2D eigenvalue weighted by molar-refractivity contribution is 6.30. The van der Waals surface area contributed by atoms with Crippen LogP contribution in [-0.2, 0) is 9.59 Å². The summed E-state index contributed by atoms with van der Waals surface area (Å²) in [6.07, 6.45) is -0.242. The van der Waals surface area contributed by atoms with E-state index in [1.54, 1.807) is 18.2 Å². The molecule has 24 heavy (non-hydrogen) atoms. The number of aryl methyl sites for hydroxylation is 1. The molecule has 0 aliphatic heterocycles. The van der Waals surface area contributed by atoms with Crippen LogP contribution in [0.15, 0.2) is 42.5 Å². The van der Waals surface area contributed by atoms with Crippen molar-refractivity contribution in [2.75, 3.05) is 10.6 Å². The van der Waals surface area contributed by atoms with E-state index in [2.05, 4.69) is 24.5 Å². The minimum absolute atomic E-state index is 0.242. The van der Waals surface area contributed by atoms with Crippen molar-refractivity contribution in [3.8, 4) is 0 Å². The second-order valence-corrected chi connectivity index (χ2v) is 6.41. The first-order valence-corrected chi connectivity index (χ1v) is 8.19. The molecule has 2 amide bonds. The molecule has 2 rings (SSSR count). The first kappa shape index (κ1) is 18.0. The van der Waals surface area contributed by atoms with Crippen molar-refractivity contribution >= 4 is 34.8 Å². The molecule has 0 radical (unpaired) electrons. The molecule has 0 bridgehead atoms. The van der Waals surface area contributed by atoms with Gasteiger partial charge in [0.15, 0.2) is 0 Å². The van der Waals surface area contributed by atoms with E-state index in [0.717, 1.165) is 16.8 Å². The van der Waals surface area contributed by atoms with Crippen molar-refractivity contribution in [2.24, 2.45) is 0 Å². The molecule has 0 aliphatic carbocycles. The number of rotatable bonds is 5. The molecule has 126 valence electrons. The molecule has 0 spiro atoms. The molecule has 4 nitrogen and oxygen atoms in total. The number of amides is 2. The second-order valence-electron chi connectivity index (χ2n) is 5.97. The third kappa shape index (κ3) is 4.83. The molecule has 2 aromatic carbocycles. The van der Waals surface area contributed by atoms with Gasteiger partial charge in [0.1, 0.15) is 6.42 Å².